The standard InChI is InChI=1S/C19H19ClN6O/c20-15-6-4-5-14(11-15)19(27)22-17-12-16(26-13-21-23-24-26)7-8-18(17)25-9-2-1-3-10-25/h4-8,11-13H,1-3,9-10H2,(H,22,27). The fourth-order valence-electron chi connectivity index (χ4n) is 3.28. The Hall–Kier alpha value is -2.93. The summed E-state index contributed by atoms with van der Waals surface area (Å²) in [4.78, 5) is 15.1. The molecule has 1 aromatic heterocycles. The summed E-state index contributed by atoms with van der Waals surface area (Å²) in [6, 6.07) is 12.8. The zero-order valence-corrected chi connectivity index (χ0v) is 15.4. The summed E-state index contributed by atoms with van der Waals surface area (Å²) < 4.78 is 1.56. The number of aromatic nitrogens is 4. The first-order valence-electron chi connectivity index (χ1n) is 8.90. The number of hydrogen-bond acceptors (Lipinski definition) is 5. The minimum atomic E-state index is -0.204. The topological polar surface area (TPSA) is 75.9 Å². The Morgan fingerprint density at radius 1 is 1.07 bits per heavy atom. The number of tetrazole rings is 1. The van der Waals surface area contributed by atoms with Gasteiger partial charge in [0, 0.05) is 23.7 Å². The minimum absolute atomic E-state index is 0.204. The number of piperidine rings is 1. The lowest BCUT2D eigenvalue weighted by Gasteiger charge is -2.30. The van der Waals surface area contributed by atoms with Crippen molar-refractivity contribution in [2.45, 2.75) is 19.3 Å². The van der Waals surface area contributed by atoms with Crippen molar-refractivity contribution in [3.8, 4) is 5.69 Å². The van der Waals surface area contributed by atoms with Gasteiger partial charge in [-0.15, -0.1) is 5.10 Å². The number of carbonyl (C=O) groups is 1. The van der Waals surface area contributed by atoms with Crippen LogP contribution >= 0.6 is 11.6 Å². The van der Waals surface area contributed by atoms with E-state index in [9.17, 15) is 4.79 Å². The van der Waals surface area contributed by atoms with Crippen LogP contribution in [0.15, 0.2) is 48.8 Å². The fourth-order valence-corrected chi connectivity index (χ4v) is 3.47. The molecule has 138 valence electrons. The van der Waals surface area contributed by atoms with Gasteiger partial charge in [0.25, 0.3) is 5.91 Å². The average molecular weight is 383 g/mol. The molecule has 0 saturated carbocycles. The van der Waals surface area contributed by atoms with Crippen LogP contribution in [0, 0.1) is 0 Å². The Morgan fingerprint density at radius 3 is 2.67 bits per heavy atom. The van der Waals surface area contributed by atoms with Crippen molar-refractivity contribution in [3.05, 3.63) is 59.4 Å². The molecule has 0 atom stereocenters. The number of nitrogens with one attached hydrogen (secondary N) is 1. The van der Waals surface area contributed by atoms with Gasteiger partial charge in [-0.05, 0) is 66.1 Å². The van der Waals surface area contributed by atoms with Crippen molar-refractivity contribution in [1.29, 1.82) is 0 Å². The summed E-state index contributed by atoms with van der Waals surface area (Å²) in [5, 5.41) is 14.8. The summed E-state index contributed by atoms with van der Waals surface area (Å²) in [7, 11) is 0. The van der Waals surface area contributed by atoms with Crippen LogP contribution in [0.1, 0.15) is 29.6 Å². The molecule has 8 heteroatoms. The second-order valence-electron chi connectivity index (χ2n) is 6.47. The Balaban J connectivity index is 1.68. The van der Waals surface area contributed by atoms with E-state index in [1.807, 2.05) is 18.2 Å². The number of halogens is 1. The van der Waals surface area contributed by atoms with E-state index in [2.05, 4.69) is 25.7 Å². The van der Waals surface area contributed by atoms with Crippen LogP contribution in [0.4, 0.5) is 11.4 Å². The highest BCUT2D eigenvalue weighted by Crippen LogP contribution is 2.31. The number of benzene rings is 2. The van der Waals surface area contributed by atoms with Crippen LogP contribution in [0.2, 0.25) is 5.02 Å². The van der Waals surface area contributed by atoms with E-state index < -0.39 is 0 Å². The molecule has 7 nitrogen and oxygen atoms in total. The molecule has 4 rings (SSSR count). The minimum Gasteiger partial charge on any atom is -0.370 e. The Bertz CT molecular complexity index is 937. The molecular formula is C19H19ClN6O. The van der Waals surface area contributed by atoms with Gasteiger partial charge >= 0.3 is 0 Å². The third-order valence-corrected chi connectivity index (χ3v) is 4.86. The SMILES string of the molecule is O=C(Nc1cc(-n2cnnn2)ccc1N1CCCCC1)c1cccc(Cl)c1. The summed E-state index contributed by atoms with van der Waals surface area (Å²) in [6.45, 7) is 1.95. The van der Waals surface area contributed by atoms with Crippen LogP contribution in [0.5, 0.6) is 0 Å². The molecule has 1 N–H and O–H groups in total. The molecule has 2 aromatic carbocycles. The van der Waals surface area contributed by atoms with Crippen molar-refractivity contribution < 1.29 is 4.79 Å². The molecule has 3 aromatic rings. The van der Waals surface area contributed by atoms with Crippen molar-refractivity contribution >= 4 is 28.9 Å². The normalized spacial score (nSPS) is 14.2. The van der Waals surface area contributed by atoms with E-state index in [1.165, 1.54) is 12.7 Å². The van der Waals surface area contributed by atoms with E-state index >= 15 is 0 Å². The fraction of sp³-hybridized carbons (Fsp3) is 0.263. The number of nitrogens with zero attached hydrogens (tertiary/aromatic N) is 5. The maximum Gasteiger partial charge on any atom is 0.255 e. The van der Waals surface area contributed by atoms with Crippen molar-refractivity contribution in [3.63, 3.8) is 0 Å². The van der Waals surface area contributed by atoms with Gasteiger partial charge in [-0.25, -0.2) is 4.68 Å². The second kappa shape index (κ2) is 7.75. The van der Waals surface area contributed by atoms with Crippen LogP contribution in [-0.4, -0.2) is 39.2 Å². The maximum atomic E-state index is 12.8. The summed E-state index contributed by atoms with van der Waals surface area (Å²) in [5.74, 6) is -0.204. The molecular weight excluding hydrogens is 364 g/mol. The molecule has 1 amide bonds. The lowest BCUT2D eigenvalue weighted by Crippen LogP contribution is -2.30. The maximum absolute atomic E-state index is 12.8. The number of amides is 1. The van der Waals surface area contributed by atoms with Crippen LogP contribution in [0.25, 0.3) is 5.69 Å². The van der Waals surface area contributed by atoms with Gasteiger partial charge in [-0.3, -0.25) is 4.79 Å². The molecule has 0 spiro atoms. The highest BCUT2D eigenvalue weighted by Gasteiger charge is 2.18. The van der Waals surface area contributed by atoms with Gasteiger partial charge in [0.1, 0.15) is 6.33 Å². The summed E-state index contributed by atoms with van der Waals surface area (Å²) >= 11 is 6.02. The van der Waals surface area contributed by atoms with Crippen molar-refractivity contribution in [2.75, 3.05) is 23.3 Å². The highest BCUT2D eigenvalue weighted by molar-refractivity contribution is 6.31. The van der Waals surface area contributed by atoms with Crippen LogP contribution < -0.4 is 10.2 Å². The van der Waals surface area contributed by atoms with Crippen LogP contribution in [0.3, 0.4) is 0 Å². The molecule has 0 radical (unpaired) electrons. The van der Waals surface area contributed by atoms with Gasteiger partial charge in [0.2, 0.25) is 0 Å². The van der Waals surface area contributed by atoms with Gasteiger partial charge in [-0.2, -0.15) is 0 Å². The highest BCUT2D eigenvalue weighted by atomic mass is 35.5. The predicted octanol–water partition coefficient (Wildman–Crippen LogP) is 3.56. The van der Waals surface area contributed by atoms with E-state index in [-0.39, 0.29) is 5.91 Å². The zero-order valence-electron chi connectivity index (χ0n) is 14.7. The first-order chi connectivity index (χ1) is 13.2. The first kappa shape index (κ1) is 17.5. The quantitative estimate of drug-likeness (QED) is 0.746. The third-order valence-electron chi connectivity index (χ3n) is 4.63. The van der Waals surface area contributed by atoms with Gasteiger partial charge in [0.15, 0.2) is 0 Å². The molecule has 1 aliphatic rings. The lowest BCUT2D eigenvalue weighted by molar-refractivity contribution is 0.102. The number of anilines is 2. The first-order valence-corrected chi connectivity index (χ1v) is 9.28. The summed E-state index contributed by atoms with van der Waals surface area (Å²) in [5.41, 5.74) is 3.03. The number of rotatable bonds is 4. The molecule has 1 aliphatic heterocycles. The summed E-state index contributed by atoms with van der Waals surface area (Å²) in [6.07, 6.45) is 5.06. The molecule has 27 heavy (non-hydrogen) atoms. The predicted molar refractivity (Wildman–Crippen MR) is 105 cm³/mol. The Labute approximate surface area is 161 Å². The molecule has 1 saturated heterocycles. The van der Waals surface area contributed by atoms with E-state index in [1.54, 1.807) is 28.9 Å². The number of carbonyl (C=O) groups excluding carboxylic acids is 1. The van der Waals surface area contributed by atoms with Gasteiger partial charge in [-0.1, -0.05) is 17.7 Å². The van der Waals surface area contributed by atoms with E-state index in [0.717, 1.165) is 43.0 Å². The van der Waals surface area contributed by atoms with Crippen molar-refractivity contribution in [1.82, 2.24) is 20.2 Å². The second-order valence-corrected chi connectivity index (χ2v) is 6.90. The largest absolute Gasteiger partial charge is 0.370 e. The monoisotopic (exact) mass is 382 g/mol. The number of hydrogen-bond donors (Lipinski definition) is 1. The van der Waals surface area contributed by atoms with E-state index in [4.69, 9.17) is 11.6 Å². The third kappa shape index (κ3) is 3.93. The molecule has 2 heterocycles. The molecule has 0 bridgehead atoms. The van der Waals surface area contributed by atoms with Gasteiger partial charge < -0.3 is 10.2 Å². The smallest absolute Gasteiger partial charge is 0.255 e. The average Bonchev–Trinajstić information content (AvgIpc) is 3.23. The lowest BCUT2D eigenvalue weighted by atomic mass is 10.1. The molecule has 0 unspecified atom stereocenters. The van der Waals surface area contributed by atoms with Crippen LogP contribution in [-0.2, 0) is 0 Å². The van der Waals surface area contributed by atoms with Gasteiger partial charge in [0.05, 0.1) is 17.1 Å². The molecule has 0 aliphatic carbocycles. The van der Waals surface area contributed by atoms with E-state index in [0.29, 0.717) is 10.6 Å². The Kier molecular flexibility index (Phi) is 5.02. The Morgan fingerprint density at radius 2 is 1.93 bits per heavy atom. The zero-order chi connectivity index (χ0) is 18.6. The van der Waals surface area contributed by atoms with Crippen molar-refractivity contribution in [2.24, 2.45) is 0 Å². The molecule has 1 fully saturated rings.